The molecule has 2 amide bonds. The highest BCUT2D eigenvalue weighted by Gasteiger charge is 2.34. The number of aromatic nitrogens is 2. The number of hydrogen-bond donors (Lipinski definition) is 2. The first kappa shape index (κ1) is 23.7. The van der Waals surface area contributed by atoms with Crippen molar-refractivity contribution < 1.29 is 27.5 Å². The Balaban J connectivity index is 1.88. The van der Waals surface area contributed by atoms with Crippen LogP contribution < -0.4 is 15.5 Å². The van der Waals surface area contributed by atoms with Gasteiger partial charge in [-0.05, 0) is 47.5 Å². The largest absolute Gasteiger partial charge is 0.444 e. The molecule has 1 aliphatic rings. The first-order valence-corrected chi connectivity index (χ1v) is 9.72. The van der Waals surface area contributed by atoms with Gasteiger partial charge in [-0.3, -0.25) is 4.79 Å². The van der Waals surface area contributed by atoms with Gasteiger partial charge in [-0.2, -0.15) is 13.2 Å². The normalized spacial score (nSPS) is 16.7. The number of rotatable bonds is 4. The van der Waals surface area contributed by atoms with Gasteiger partial charge in [0.25, 0.3) is 0 Å². The lowest BCUT2D eigenvalue weighted by Crippen LogP contribution is -2.51. The van der Waals surface area contributed by atoms with E-state index in [0.29, 0.717) is 25.9 Å². The highest BCUT2D eigenvalue weighted by molar-refractivity contribution is 5.85. The quantitative estimate of drug-likeness (QED) is 0.761. The number of amides is 2. The van der Waals surface area contributed by atoms with Crippen molar-refractivity contribution >= 4 is 17.8 Å². The van der Waals surface area contributed by atoms with Gasteiger partial charge < -0.3 is 20.3 Å². The maximum Gasteiger partial charge on any atom is 0.433 e. The molecule has 2 rings (SSSR count). The van der Waals surface area contributed by atoms with Gasteiger partial charge in [0.15, 0.2) is 0 Å². The van der Waals surface area contributed by atoms with Crippen LogP contribution >= 0.6 is 0 Å². The standard InChI is InChI=1S/C19H28F3N5O3/c1-11(23-17(29)30-18(3,4)5)16(28)26-13-6-8-27(9-7-13)15-10-14(19(20,21)22)24-12(2)25-15/h10-11,13H,6-9H2,1-5H3,(H,23,29)(H,26,28)/t11-/m1/s1. The second kappa shape index (κ2) is 9.05. The minimum Gasteiger partial charge on any atom is -0.444 e. The summed E-state index contributed by atoms with van der Waals surface area (Å²) in [6.07, 6.45) is -4.14. The molecule has 11 heteroatoms. The van der Waals surface area contributed by atoms with E-state index in [9.17, 15) is 22.8 Å². The fourth-order valence-corrected chi connectivity index (χ4v) is 2.99. The van der Waals surface area contributed by atoms with Gasteiger partial charge in [0, 0.05) is 25.2 Å². The van der Waals surface area contributed by atoms with E-state index >= 15 is 0 Å². The molecule has 0 bridgehead atoms. The number of halogens is 3. The summed E-state index contributed by atoms with van der Waals surface area (Å²) in [5.41, 5.74) is -1.64. The highest BCUT2D eigenvalue weighted by atomic mass is 19.4. The predicted octanol–water partition coefficient (Wildman–Crippen LogP) is 2.80. The Morgan fingerprint density at radius 3 is 2.33 bits per heavy atom. The number of alkyl halides is 3. The first-order chi connectivity index (χ1) is 13.7. The van der Waals surface area contributed by atoms with Crippen molar-refractivity contribution in [3.8, 4) is 0 Å². The van der Waals surface area contributed by atoms with Crippen LogP contribution in [-0.4, -0.2) is 52.7 Å². The van der Waals surface area contributed by atoms with Crippen LogP contribution in [-0.2, 0) is 15.7 Å². The molecule has 2 N–H and O–H groups in total. The molecule has 1 aliphatic heterocycles. The summed E-state index contributed by atoms with van der Waals surface area (Å²) < 4.78 is 44.1. The second-order valence-electron chi connectivity index (χ2n) is 8.29. The number of aryl methyl sites for hydroxylation is 1. The van der Waals surface area contributed by atoms with Crippen LogP contribution in [0.5, 0.6) is 0 Å². The number of hydrogen-bond acceptors (Lipinski definition) is 6. The van der Waals surface area contributed by atoms with Crippen LogP contribution in [0.3, 0.4) is 0 Å². The molecular formula is C19H28F3N5O3. The molecule has 168 valence electrons. The maximum atomic E-state index is 13.0. The third-order valence-electron chi connectivity index (χ3n) is 4.41. The second-order valence-corrected chi connectivity index (χ2v) is 8.29. The van der Waals surface area contributed by atoms with Crippen molar-refractivity contribution in [2.45, 2.75) is 71.3 Å². The number of alkyl carbamates (subject to hydrolysis) is 1. The summed E-state index contributed by atoms with van der Waals surface area (Å²) in [4.78, 5) is 33.4. The van der Waals surface area contributed by atoms with Crippen molar-refractivity contribution in [2.24, 2.45) is 0 Å². The summed E-state index contributed by atoms with van der Waals surface area (Å²) in [6.45, 7) is 9.02. The molecular weight excluding hydrogens is 403 g/mol. The van der Waals surface area contributed by atoms with Crippen LogP contribution in [0.4, 0.5) is 23.8 Å². The molecule has 1 aromatic heterocycles. The number of piperidine rings is 1. The number of anilines is 1. The van der Waals surface area contributed by atoms with Gasteiger partial charge in [-0.25, -0.2) is 14.8 Å². The van der Waals surface area contributed by atoms with Gasteiger partial charge in [0.2, 0.25) is 5.91 Å². The van der Waals surface area contributed by atoms with E-state index in [1.807, 2.05) is 0 Å². The van der Waals surface area contributed by atoms with Gasteiger partial charge in [-0.1, -0.05) is 0 Å². The lowest BCUT2D eigenvalue weighted by Gasteiger charge is -2.34. The number of nitrogens with one attached hydrogen (secondary N) is 2. The Morgan fingerprint density at radius 1 is 1.20 bits per heavy atom. The zero-order valence-corrected chi connectivity index (χ0v) is 17.8. The molecule has 0 saturated carbocycles. The third kappa shape index (κ3) is 7.03. The zero-order valence-electron chi connectivity index (χ0n) is 17.8. The monoisotopic (exact) mass is 431 g/mol. The van der Waals surface area contributed by atoms with Crippen LogP contribution in [0, 0.1) is 6.92 Å². The molecule has 1 fully saturated rings. The molecule has 8 nitrogen and oxygen atoms in total. The molecule has 1 aromatic rings. The molecule has 2 heterocycles. The van der Waals surface area contributed by atoms with E-state index in [0.717, 1.165) is 6.07 Å². The highest BCUT2D eigenvalue weighted by Crippen LogP contribution is 2.30. The molecule has 0 aliphatic carbocycles. The summed E-state index contributed by atoms with van der Waals surface area (Å²) in [5, 5.41) is 5.34. The van der Waals surface area contributed by atoms with E-state index in [4.69, 9.17) is 4.74 Å². The van der Waals surface area contributed by atoms with Crippen LogP contribution in [0.1, 0.15) is 52.1 Å². The Kier molecular flexibility index (Phi) is 7.14. The first-order valence-electron chi connectivity index (χ1n) is 9.72. The van der Waals surface area contributed by atoms with Gasteiger partial charge in [0.1, 0.15) is 29.0 Å². The minimum absolute atomic E-state index is 0.0530. The fraction of sp³-hybridized carbons (Fsp3) is 0.684. The van der Waals surface area contributed by atoms with E-state index in [1.165, 1.54) is 6.92 Å². The zero-order chi connectivity index (χ0) is 22.7. The molecule has 0 spiro atoms. The van der Waals surface area contributed by atoms with Gasteiger partial charge >= 0.3 is 12.3 Å². The van der Waals surface area contributed by atoms with Crippen molar-refractivity contribution in [1.29, 1.82) is 0 Å². The molecule has 0 radical (unpaired) electrons. The molecule has 1 atom stereocenters. The Morgan fingerprint density at radius 2 is 1.80 bits per heavy atom. The van der Waals surface area contributed by atoms with E-state index in [1.54, 1.807) is 32.6 Å². The lowest BCUT2D eigenvalue weighted by molar-refractivity contribution is -0.141. The lowest BCUT2D eigenvalue weighted by atomic mass is 10.0. The average molecular weight is 431 g/mol. The molecule has 1 saturated heterocycles. The van der Waals surface area contributed by atoms with Gasteiger partial charge in [-0.15, -0.1) is 0 Å². The molecule has 30 heavy (non-hydrogen) atoms. The van der Waals surface area contributed by atoms with Gasteiger partial charge in [0.05, 0.1) is 0 Å². The summed E-state index contributed by atoms with van der Waals surface area (Å²) in [5.74, 6) is -0.0756. The maximum absolute atomic E-state index is 13.0. The number of nitrogens with zero attached hydrogens (tertiary/aromatic N) is 3. The van der Waals surface area contributed by atoms with E-state index in [2.05, 4.69) is 20.6 Å². The average Bonchev–Trinajstić information content (AvgIpc) is 2.59. The Bertz CT molecular complexity index is 772. The summed E-state index contributed by atoms with van der Waals surface area (Å²) in [7, 11) is 0. The van der Waals surface area contributed by atoms with Crippen LogP contribution in [0.25, 0.3) is 0 Å². The number of carbonyl (C=O) groups excluding carboxylic acids is 2. The van der Waals surface area contributed by atoms with E-state index < -0.39 is 29.6 Å². The predicted molar refractivity (Wildman–Crippen MR) is 104 cm³/mol. The smallest absolute Gasteiger partial charge is 0.433 e. The van der Waals surface area contributed by atoms with Crippen molar-refractivity contribution in [2.75, 3.05) is 18.0 Å². The number of ether oxygens (including phenoxy) is 1. The summed E-state index contributed by atoms with van der Waals surface area (Å²) >= 11 is 0. The van der Waals surface area contributed by atoms with Crippen molar-refractivity contribution in [3.63, 3.8) is 0 Å². The number of carbonyl (C=O) groups is 2. The molecule has 0 aromatic carbocycles. The Hall–Kier alpha value is -2.59. The topological polar surface area (TPSA) is 96.5 Å². The fourth-order valence-electron chi connectivity index (χ4n) is 2.99. The minimum atomic E-state index is -4.54. The van der Waals surface area contributed by atoms with E-state index in [-0.39, 0.29) is 23.6 Å². The SMILES string of the molecule is Cc1nc(N2CCC(NC(=O)[C@@H](C)NC(=O)OC(C)(C)C)CC2)cc(C(F)(F)F)n1. The van der Waals surface area contributed by atoms with Crippen molar-refractivity contribution in [3.05, 3.63) is 17.6 Å². The third-order valence-corrected chi connectivity index (χ3v) is 4.41. The van der Waals surface area contributed by atoms with Crippen molar-refractivity contribution in [1.82, 2.24) is 20.6 Å². The van der Waals surface area contributed by atoms with Crippen LogP contribution in [0.2, 0.25) is 0 Å². The Labute approximate surface area is 173 Å². The summed E-state index contributed by atoms with van der Waals surface area (Å²) in [6, 6.07) is 0.0111. The molecule has 0 unspecified atom stereocenters. The van der Waals surface area contributed by atoms with Crippen LogP contribution in [0.15, 0.2) is 6.07 Å².